The van der Waals surface area contributed by atoms with Gasteiger partial charge >= 0.3 is 0 Å². The predicted octanol–water partition coefficient (Wildman–Crippen LogP) is 5.06. The second-order valence-corrected chi connectivity index (χ2v) is 7.89. The standard InChI is InChI=1S/C17H26BrNO/c1-11(2)8-17(9-12(3)4)10-15(19)14-7-13(18)5-6-16(14)20-17/h5-7,11-12,15H,8-10,19H2,1-4H3. The van der Waals surface area contributed by atoms with Crippen LogP contribution in [0.2, 0.25) is 0 Å². The largest absolute Gasteiger partial charge is 0.487 e. The third-order valence-corrected chi connectivity index (χ3v) is 4.34. The fourth-order valence-corrected chi connectivity index (χ4v) is 3.89. The number of benzene rings is 1. The number of fused-ring (bicyclic) bond motifs is 1. The fraction of sp³-hybridized carbons (Fsp3) is 0.647. The van der Waals surface area contributed by atoms with Crippen molar-refractivity contribution >= 4 is 15.9 Å². The SMILES string of the molecule is CC(C)CC1(CC(C)C)CC(N)c2cc(Br)ccc2O1. The normalized spacial score (nSPS) is 20.9. The zero-order valence-corrected chi connectivity index (χ0v) is 14.5. The van der Waals surface area contributed by atoms with Crippen molar-refractivity contribution in [2.45, 2.75) is 58.6 Å². The molecule has 0 aromatic heterocycles. The molecule has 1 unspecified atom stereocenters. The van der Waals surface area contributed by atoms with Crippen LogP contribution in [0.5, 0.6) is 5.75 Å². The number of nitrogens with two attached hydrogens (primary N) is 1. The van der Waals surface area contributed by atoms with Gasteiger partial charge in [-0.3, -0.25) is 0 Å². The molecule has 1 aromatic rings. The van der Waals surface area contributed by atoms with E-state index in [0.717, 1.165) is 35.0 Å². The van der Waals surface area contributed by atoms with E-state index in [1.165, 1.54) is 0 Å². The molecule has 2 nitrogen and oxygen atoms in total. The first-order chi connectivity index (χ1) is 9.31. The van der Waals surface area contributed by atoms with Gasteiger partial charge in [-0.15, -0.1) is 0 Å². The molecule has 0 saturated carbocycles. The van der Waals surface area contributed by atoms with Crippen LogP contribution in [0.15, 0.2) is 22.7 Å². The number of hydrogen-bond acceptors (Lipinski definition) is 2. The quantitative estimate of drug-likeness (QED) is 0.831. The zero-order chi connectivity index (χ0) is 14.9. The maximum Gasteiger partial charge on any atom is 0.124 e. The minimum atomic E-state index is -0.109. The van der Waals surface area contributed by atoms with Crippen molar-refractivity contribution in [1.29, 1.82) is 0 Å². The Balaban J connectivity index is 2.34. The van der Waals surface area contributed by atoms with Gasteiger partial charge in [-0.05, 0) is 42.9 Å². The third-order valence-electron chi connectivity index (χ3n) is 3.85. The topological polar surface area (TPSA) is 35.2 Å². The zero-order valence-electron chi connectivity index (χ0n) is 12.9. The van der Waals surface area contributed by atoms with E-state index in [-0.39, 0.29) is 11.6 Å². The average molecular weight is 340 g/mol. The molecular formula is C17H26BrNO. The van der Waals surface area contributed by atoms with Crippen LogP contribution >= 0.6 is 15.9 Å². The van der Waals surface area contributed by atoms with Gasteiger partial charge in [-0.25, -0.2) is 0 Å². The summed E-state index contributed by atoms with van der Waals surface area (Å²) in [5.41, 5.74) is 7.46. The van der Waals surface area contributed by atoms with Gasteiger partial charge in [0.1, 0.15) is 11.4 Å². The summed E-state index contributed by atoms with van der Waals surface area (Å²) < 4.78 is 7.53. The molecule has 20 heavy (non-hydrogen) atoms. The van der Waals surface area contributed by atoms with Crippen molar-refractivity contribution in [2.24, 2.45) is 17.6 Å². The van der Waals surface area contributed by atoms with Crippen LogP contribution in [0.25, 0.3) is 0 Å². The molecule has 1 aromatic carbocycles. The molecule has 3 heteroatoms. The van der Waals surface area contributed by atoms with E-state index in [1.807, 2.05) is 12.1 Å². The maximum atomic E-state index is 6.47. The van der Waals surface area contributed by atoms with Crippen LogP contribution in [0.4, 0.5) is 0 Å². The first-order valence-corrected chi connectivity index (χ1v) is 8.35. The molecule has 0 bridgehead atoms. The number of halogens is 1. The summed E-state index contributed by atoms with van der Waals surface area (Å²) in [5.74, 6) is 2.18. The Morgan fingerprint density at radius 1 is 1.25 bits per heavy atom. The van der Waals surface area contributed by atoms with E-state index in [0.29, 0.717) is 11.8 Å². The van der Waals surface area contributed by atoms with Gasteiger partial charge in [0.25, 0.3) is 0 Å². The summed E-state index contributed by atoms with van der Waals surface area (Å²) in [5, 5.41) is 0. The van der Waals surface area contributed by atoms with E-state index in [9.17, 15) is 0 Å². The molecule has 1 aliphatic rings. The van der Waals surface area contributed by atoms with Gasteiger partial charge in [0.05, 0.1) is 0 Å². The molecule has 0 amide bonds. The minimum absolute atomic E-state index is 0.0637. The Morgan fingerprint density at radius 3 is 2.40 bits per heavy atom. The summed E-state index contributed by atoms with van der Waals surface area (Å²) in [4.78, 5) is 0. The Bertz CT molecular complexity index is 460. The summed E-state index contributed by atoms with van der Waals surface area (Å²) >= 11 is 3.52. The lowest BCUT2D eigenvalue weighted by atomic mass is 9.77. The summed E-state index contributed by atoms with van der Waals surface area (Å²) in [6.07, 6.45) is 3.04. The molecule has 1 heterocycles. The van der Waals surface area contributed by atoms with Crippen LogP contribution < -0.4 is 10.5 Å². The Kier molecular flexibility index (Phi) is 4.80. The first kappa shape index (κ1) is 15.8. The van der Waals surface area contributed by atoms with E-state index in [4.69, 9.17) is 10.5 Å². The maximum absolute atomic E-state index is 6.47. The predicted molar refractivity (Wildman–Crippen MR) is 88.0 cm³/mol. The highest BCUT2D eigenvalue weighted by molar-refractivity contribution is 9.10. The first-order valence-electron chi connectivity index (χ1n) is 7.55. The highest BCUT2D eigenvalue weighted by Crippen LogP contribution is 2.44. The lowest BCUT2D eigenvalue weighted by Crippen LogP contribution is -2.45. The van der Waals surface area contributed by atoms with Gasteiger partial charge in [-0.2, -0.15) is 0 Å². The van der Waals surface area contributed by atoms with Crippen molar-refractivity contribution in [1.82, 2.24) is 0 Å². The highest BCUT2D eigenvalue weighted by Gasteiger charge is 2.40. The van der Waals surface area contributed by atoms with Crippen molar-refractivity contribution in [3.8, 4) is 5.75 Å². The molecule has 2 N–H and O–H groups in total. The van der Waals surface area contributed by atoms with Crippen LogP contribution in [0, 0.1) is 11.8 Å². The molecule has 112 valence electrons. The van der Waals surface area contributed by atoms with Crippen molar-refractivity contribution in [3.63, 3.8) is 0 Å². The number of ether oxygens (including phenoxy) is 1. The van der Waals surface area contributed by atoms with Crippen LogP contribution in [-0.2, 0) is 0 Å². The Labute approximate surface area is 131 Å². The fourth-order valence-electron chi connectivity index (χ4n) is 3.51. The molecule has 0 saturated heterocycles. The molecule has 0 radical (unpaired) electrons. The molecule has 0 aliphatic carbocycles. The molecule has 1 atom stereocenters. The highest BCUT2D eigenvalue weighted by atomic mass is 79.9. The van der Waals surface area contributed by atoms with Crippen molar-refractivity contribution in [3.05, 3.63) is 28.2 Å². The van der Waals surface area contributed by atoms with Gasteiger partial charge in [-0.1, -0.05) is 43.6 Å². The van der Waals surface area contributed by atoms with Crippen LogP contribution in [0.1, 0.15) is 58.6 Å². The number of rotatable bonds is 4. The monoisotopic (exact) mass is 339 g/mol. The molecule has 0 fully saturated rings. The Hall–Kier alpha value is -0.540. The summed E-state index contributed by atoms with van der Waals surface area (Å²) in [7, 11) is 0. The van der Waals surface area contributed by atoms with Gasteiger partial charge in [0.15, 0.2) is 0 Å². The van der Waals surface area contributed by atoms with Gasteiger partial charge < -0.3 is 10.5 Å². The second kappa shape index (κ2) is 6.07. The third kappa shape index (κ3) is 3.56. The van der Waals surface area contributed by atoms with Crippen molar-refractivity contribution < 1.29 is 4.74 Å². The lowest BCUT2D eigenvalue weighted by Gasteiger charge is -2.43. The molecule has 0 spiro atoms. The van der Waals surface area contributed by atoms with Crippen LogP contribution in [0.3, 0.4) is 0 Å². The Morgan fingerprint density at radius 2 is 1.85 bits per heavy atom. The van der Waals surface area contributed by atoms with E-state index < -0.39 is 0 Å². The molecular weight excluding hydrogens is 314 g/mol. The van der Waals surface area contributed by atoms with E-state index in [1.54, 1.807) is 0 Å². The number of hydrogen-bond donors (Lipinski definition) is 1. The van der Waals surface area contributed by atoms with Gasteiger partial charge in [0, 0.05) is 22.5 Å². The summed E-state index contributed by atoms with van der Waals surface area (Å²) in [6, 6.07) is 6.24. The van der Waals surface area contributed by atoms with Crippen molar-refractivity contribution in [2.75, 3.05) is 0 Å². The van der Waals surface area contributed by atoms with Crippen LogP contribution in [-0.4, -0.2) is 5.60 Å². The smallest absolute Gasteiger partial charge is 0.124 e. The second-order valence-electron chi connectivity index (χ2n) is 6.97. The summed E-state index contributed by atoms with van der Waals surface area (Å²) in [6.45, 7) is 9.03. The average Bonchev–Trinajstić information content (AvgIpc) is 2.28. The lowest BCUT2D eigenvalue weighted by molar-refractivity contribution is -0.00163. The van der Waals surface area contributed by atoms with E-state index >= 15 is 0 Å². The minimum Gasteiger partial charge on any atom is -0.487 e. The van der Waals surface area contributed by atoms with Gasteiger partial charge in [0.2, 0.25) is 0 Å². The molecule has 2 rings (SSSR count). The van der Waals surface area contributed by atoms with E-state index in [2.05, 4.69) is 49.7 Å². The molecule has 1 aliphatic heterocycles.